The van der Waals surface area contributed by atoms with Crippen LogP contribution in [0.5, 0.6) is 17.2 Å². The van der Waals surface area contributed by atoms with Crippen molar-refractivity contribution in [1.29, 1.82) is 0 Å². The summed E-state index contributed by atoms with van der Waals surface area (Å²) in [5, 5.41) is 9.70. The first-order valence-electron chi connectivity index (χ1n) is 12.8. The molecule has 4 rings (SSSR count). The highest BCUT2D eigenvalue weighted by Crippen LogP contribution is 2.38. The summed E-state index contributed by atoms with van der Waals surface area (Å²) < 4.78 is 17.2. The van der Waals surface area contributed by atoms with Gasteiger partial charge in [0, 0.05) is 5.56 Å². The number of aliphatic carboxylic acids is 1. The van der Waals surface area contributed by atoms with E-state index in [-0.39, 0.29) is 12.7 Å². The van der Waals surface area contributed by atoms with Crippen molar-refractivity contribution in [3.05, 3.63) is 82.9 Å². The van der Waals surface area contributed by atoms with E-state index in [1.807, 2.05) is 51.1 Å². The fourth-order valence-electron chi connectivity index (χ4n) is 4.05. The predicted octanol–water partition coefficient (Wildman–Crippen LogP) is 7.57. The largest absolute Gasteiger partial charge is 0.491 e. The third-order valence-corrected chi connectivity index (χ3v) is 6.86. The van der Waals surface area contributed by atoms with Crippen LogP contribution in [0.25, 0.3) is 21.7 Å². The van der Waals surface area contributed by atoms with Crippen molar-refractivity contribution in [2.45, 2.75) is 53.2 Å². The molecule has 7 heteroatoms. The standard InChI is InChI=1S/C31H33NO5S/c1-5-6-22-7-9-24(10-8-22)31-30(23-11-13-25(14-12-23)37-20(2)3)32-28(38-31)18-35-26-15-16-27(21(4)17-26)36-19-29(33)34/h7-17,20H,5-6,18-19H2,1-4H3,(H,33,34). The highest BCUT2D eigenvalue weighted by molar-refractivity contribution is 7.15. The highest BCUT2D eigenvalue weighted by atomic mass is 32.1. The lowest BCUT2D eigenvalue weighted by atomic mass is 10.0. The number of nitrogens with zero attached hydrogens (tertiary/aromatic N) is 1. The third kappa shape index (κ3) is 7.13. The van der Waals surface area contributed by atoms with E-state index in [1.54, 1.807) is 23.5 Å². The first-order valence-corrected chi connectivity index (χ1v) is 13.6. The molecule has 0 aliphatic rings. The van der Waals surface area contributed by atoms with Gasteiger partial charge >= 0.3 is 5.97 Å². The monoisotopic (exact) mass is 531 g/mol. The lowest BCUT2D eigenvalue weighted by Crippen LogP contribution is -2.10. The van der Waals surface area contributed by atoms with Gasteiger partial charge in [0.05, 0.1) is 16.7 Å². The van der Waals surface area contributed by atoms with E-state index in [0.717, 1.165) is 50.9 Å². The number of aromatic nitrogens is 1. The molecule has 0 bridgehead atoms. The van der Waals surface area contributed by atoms with Gasteiger partial charge in [-0.1, -0.05) is 37.6 Å². The SMILES string of the molecule is CCCc1ccc(-c2sc(COc3ccc(OCC(=O)O)c(C)c3)nc2-c2ccc(OC(C)C)cc2)cc1. The van der Waals surface area contributed by atoms with Crippen molar-refractivity contribution in [3.63, 3.8) is 0 Å². The van der Waals surface area contributed by atoms with Crippen LogP contribution in [0.3, 0.4) is 0 Å². The molecule has 0 saturated heterocycles. The Morgan fingerprint density at radius 3 is 2.26 bits per heavy atom. The van der Waals surface area contributed by atoms with Crippen LogP contribution < -0.4 is 14.2 Å². The number of hydrogen-bond acceptors (Lipinski definition) is 6. The van der Waals surface area contributed by atoms with Crippen molar-refractivity contribution in [1.82, 2.24) is 4.98 Å². The van der Waals surface area contributed by atoms with Crippen LogP contribution in [0.15, 0.2) is 66.7 Å². The average molecular weight is 532 g/mol. The Kier molecular flexibility index (Phi) is 9.02. The maximum absolute atomic E-state index is 10.8. The van der Waals surface area contributed by atoms with Crippen LogP contribution in [-0.4, -0.2) is 28.8 Å². The molecule has 6 nitrogen and oxygen atoms in total. The van der Waals surface area contributed by atoms with E-state index >= 15 is 0 Å². The molecule has 1 aromatic heterocycles. The number of benzene rings is 3. The van der Waals surface area contributed by atoms with Gasteiger partial charge in [0.1, 0.15) is 28.9 Å². The Morgan fingerprint density at radius 2 is 1.63 bits per heavy atom. The zero-order valence-electron chi connectivity index (χ0n) is 22.2. The molecule has 38 heavy (non-hydrogen) atoms. The summed E-state index contributed by atoms with van der Waals surface area (Å²) in [6, 6.07) is 22.1. The average Bonchev–Trinajstić information content (AvgIpc) is 3.32. The maximum Gasteiger partial charge on any atom is 0.341 e. The minimum absolute atomic E-state index is 0.113. The van der Waals surface area contributed by atoms with E-state index in [4.69, 9.17) is 24.3 Å². The van der Waals surface area contributed by atoms with Crippen LogP contribution in [0.4, 0.5) is 0 Å². The number of rotatable bonds is 12. The number of hydrogen-bond donors (Lipinski definition) is 1. The lowest BCUT2D eigenvalue weighted by Gasteiger charge is -2.10. The number of carboxylic acid groups (broad SMARTS) is 1. The van der Waals surface area contributed by atoms with Crippen LogP contribution in [0.1, 0.15) is 43.3 Å². The number of ether oxygens (including phenoxy) is 3. The number of carbonyl (C=O) groups is 1. The molecular weight excluding hydrogens is 498 g/mol. The molecule has 0 saturated carbocycles. The van der Waals surface area contributed by atoms with E-state index in [0.29, 0.717) is 18.1 Å². The van der Waals surface area contributed by atoms with Crippen molar-refractivity contribution < 1.29 is 24.1 Å². The summed E-state index contributed by atoms with van der Waals surface area (Å²) in [6.07, 6.45) is 2.29. The summed E-state index contributed by atoms with van der Waals surface area (Å²) in [6.45, 7) is 8.01. The first kappa shape index (κ1) is 27.2. The molecule has 0 amide bonds. The Balaban J connectivity index is 1.58. The fourth-order valence-corrected chi connectivity index (χ4v) is 5.06. The predicted molar refractivity (Wildman–Crippen MR) is 151 cm³/mol. The van der Waals surface area contributed by atoms with Crippen LogP contribution in [-0.2, 0) is 17.8 Å². The van der Waals surface area contributed by atoms with E-state index in [9.17, 15) is 4.79 Å². The molecule has 0 radical (unpaired) electrons. The van der Waals surface area contributed by atoms with E-state index < -0.39 is 5.97 Å². The molecule has 1 N–H and O–H groups in total. The molecule has 0 atom stereocenters. The van der Waals surface area contributed by atoms with Gasteiger partial charge in [-0.15, -0.1) is 11.3 Å². The minimum atomic E-state index is -1.01. The quantitative estimate of drug-likeness (QED) is 0.203. The van der Waals surface area contributed by atoms with E-state index in [1.165, 1.54) is 5.56 Å². The van der Waals surface area contributed by atoms with Gasteiger partial charge in [-0.3, -0.25) is 0 Å². The fraction of sp³-hybridized carbons (Fsp3) is 0.290. The Labute approximate surface area is 227 Å². The molecule has 0 fully saturated rings. The maximum atomic E-state index is 10.8. The van der Waals surface area contributed by atoms with Crippen LogP contribution >= 0.6 is 11.3 Å². The minimum Gasteiger partial charge on any atom is -0.491 e. The molecule has 4 aromatic rings. The number of aryl methyl sites for hydroxylation is 2. The second-order valence-electron chi connectivity index (χ2n) is 9.32. The van der Waals surface area contributed by atoms with Gasteiger partial charge in [0.25, 0.3) is 0 Å². The Bertz CT molecular complexity index is 1360. The Hall–Kier alpha value is -3.84. The van der Waals surface area contributed by atoms with Crippen molar-refractivity contribution in [3.8, 4) is 38.9 Å². The van der Waals surface area contributed by atoms with Crippen molar-refractivity contribution >= 4 is 17.3 Å². The third-order valence-electron chi connectivity index (χ3n) is 5.79. The van der Waals surface area contributed by atoms with Gasteiger partial charge in [0.15, 0.2) is 6.61 Å². The summed E-state index contributed by atoms with van der Waals surface area (Å²) in [5.41, 5.74) is 5.20. The van der Waals surface area contributed by atoms with Crippen molar-refractivity contribution in [2.75, 3.05) is 6.61 Å². The van der Waals surface area contributed by atoms with Gasteiger partial charge in [-0.25, -0.2) is 9.78 Å². The number of thiazole rings is 1. The molecule has 198 valence electrons. The highest BCUT2D eigenvalue weighted by Gasteiger charge is 2.16. The molecule has 1 heterocycles. The molecule has 0 aliphatic heterocycles. The van der Waals surface area contributed by atoms with Gasteiger partial charge in [0.2, 0.25) is 0 Å². The first-order chi connectivity index (χ1) is 18.3. The summed E-state index contributed by atoms with van der Waals surface area (Å²) in [4.78, 5) is 16.9. The summed E-state index contributed by atoms with van der Waals surface area (Å²) >= 11 is 1.62. The Morgan fingerprint density at radius 1 is 0.947 bits per heavy atom. The molecule has 0 unspecified atom stereocenters. The normalized spacial score (nSPS) is 11.0. The zero-order valence-corrected chi connectivity index (χ0v) is 23.0. The topological polar surface area (TPSA) is 77.9 Å². The van der Waals surface area contributed by atoms with Gasteiger partial charge in [-0.05, 0) is 86.3 Å². The molecule has 0 spiro atoms. The smallest absolute Gasteiger partial charge is 0.341 e. The van der Waals surface area contributed by atoms with E-state index in [2.05, 4.69) is 31.2 Å². The second kappa shape index (κ2) is 12.6. The molecule has 0 aliphatic carbocycles. The van der Waals surface area contributed by atoms with Crippen LogP contribution in [0.2, 0.25) is 0 Å². The zero-order chi connectivity index (χ0) is 27.1. The molecule has 3 aromatic carbocycles. The molecular formula is C31H33NO5S. The number of carboxylic acids is 1. The van der Waals surface area contributed by atoms with Crippen molar-refractivity contribution in [2.24, 2.45) is 0 Å². The summed E-state index contributed by atoms with van der Waals surface area (Å²) in [5.74, 6) is 1.01. The van der Waals surface area contributed by atoms with Crippen LogP contribution in [0, 0.1) is 6.92 Å². The van der Waals surface area contributed by atoms with Gasteiger partial charge in [-0.2, -0.15) is 0 Å². The summed E-state index contributed by atoms with van der Waals surface area (Å²) in [7, 11) is 0. The second-order valence-corrected chi connectivity index (χ2v) is 10.4. The van der Waals surface area contributed by atoms with Gasteiger partial charge < -0.3 is 19.3 Å². The lowest BCUT2D eigenvalue weighted by molar-refractivity contribution is -0.139.